The maximum atomic E-state index is 13.2. The van der Waals surface area contributed by atoms with E-state index < -0.39 is 5.92 Å². The van der Waals surface area contributed by atoms with Crippen molar-refractivity contribution in [3.05, 3.63) is 102 Å². The van der Waals surface area contributed by atoms with E-state index in [1.54, 1.807) is 0 Å². The first-order valence-electron chi connectivity index (χ1n) is 13.0. The minimum atomic E-state index is -1.02. The Morgan fingerprint density at radius 2 is 1.49 bits per heavy atom. The van der Waals surface area contributed by atoms with E-state index in [0.29, 0.717) is 35.9 Å². The summed E-state index contributed by atoms with van der Waals surface area (Å²) in [5.41, 5.74) is 4.41. The van der Waals surface area contributed by atoms with E-state index in [9.17, 15) is 10.1 Å². The van der Waals surface area contributed by atoms with Gasteiger partial charge in [-0.15, -0.1) is 0 Å². The molecule has 37 heavy (non-hydrogen) atoms. The summed E-state index contributed by atoms with van der Waals surface area (Å²) in [7, 11) is 0. The van der Waals surface area contributed by atoms with Gasteiger partial charge >= 0.3 is 0 Å². The molecule has 0 spiro atoms. The number of amides is 1. The molecule has 0 radical (unpaired) electrons. The molecule has 1 saturated heterocycles. The standard InChI is InChI=1S/C31H31N5O/c32-22-26(31(37)33-18-15-23-9-3-1-4-10-23)29-30(35-28-14-8-7-13-27(28)34-29)36-19-16-25(17-20-36)21-24-11-5-2-6-12-24/h1-14,25-26H,15-21H2,(H,33,37). The third-order valence-electron chi connectivity index (χ3n) is 7.08. The molecule has 3 aromatic carbocycles. The van der Waals surface area contributed by atoms with Crippen LogP contribution < -0.4 is 10.2 Å². The van der Waals surface area contributed by atoms with Crippen LogP contribution >= 0.6 is 0 Å². The number of nitrogens with one attached hydrogen (secondary N) is 1. The van der Waals surface area contributed by atoms with E-state index in [1.807, 2.05) is 54.6 Å². The van der Waals surface area contributed by atoms with Crippen LogP contribution in [-0.4, -0.2) is 35.5 Å². The zero-order valence-corrected chi connectivity index (χ0v) is 20.9. The first-order valence-corrected chi connectivity index (χ1v) is 13.0. The fraction of sp³-hybridized carbons (Fsp3) is 0.290. The molecule has 2 heterocycles. The number of hydrogen-bond acceptors (Lipinski definition) is 5. The Morgan fingerprint density at radius 1 is 0.892 bits per heavy atom. The maximum Gasteiger partial charge on any atom is 0.243 e. The number of hydrogen-bond donors (Lipinski definition) is 1. The summed E-state index contributed by atoms with van der Waals surface area (Å²) in [5, 5.41) is 13.0. The number of anilines is 1. The van der Waals surface area contributed by atoms with Gasteiger partial charge in [0.15, 0.2) is 11.7 Å². The Labute approximate surface area is 218 Å². The molecular formula is C31H31N5O. The molecule has 4 aromatic rings. The van der Waals surface area contributed by atoms with Crippen LogP contribution in [0.15, 0.2) is 84.9 Å². The summed E-state index contributed by atoms with van der Waals surface area (Å²) in [4.78, 5) is 25.1. The number of benzene rings is 3. The fourth-order valence-corrected chi connectivity index (χ4v) is 5.05. The lowest BCUT2D eigenvalue weighted by molar-refractivity contribution is -0.121. The number of nitriles is 1. The summed E-state index contributed by atoms with van der Waals surface area (Å²) in [6.45, 7) is 2.11. The van der Waals surface area contributed by atoms with E-state index in [4.69, 9.17) is 9.97 Å². The monoisotopic (exact) mass is 489 g/mol. The largest absolute Gasteiger partial charge is 0.355 e. The number of carbonyl (C=O) groups excluding carboxylic acids is 1. The zero-order chi connectivity index (χ0) is 25.5. The van der Waals surface area contributed by atoms with Crippen molar-refractivity contribution in [3.8, 4) is 6.07 Å². The molecule has 1 unspecified atom stereocenters. The molecule has 1 fully saturated rings. The molecule has 1 amide bonds. The molecule has 6 heteroatoms. The Balaban J connectivity index is 1.34. The first kappa shape index (κ1) is 24.5. The van der Waals surface area contributed by atoms with Crippen LogP contribution in [0.5, 0.6) is 0 Å². The van der Waals surface area contributed by atoms with Crippen LogP contribution in [0.1, 0.15) is 35.6 Å². The van der Waals surface area contributed by atoms with Gasteiger partial charge in [0.2, 0.25) is 5.91 Å². The van der Waals surface area contributed by atoms with Crippen molar-refractivity contribution in [3.63, 3.8) is 0 Å². The number of para-hydroxylation sites is 2. The van der Waals surface area contributed by atoms with Gasteiger partial charge in [0.05, 0.1) is 17.1 Å². The lowest BCUT2D eigenvalue weighted by Crippen LogP contribution is -2.37. The molecule has 0 bridgehead atoms. The van der Waals surface area contributed by atoms with Gasteiger partial charge < -0.3 is 10.2 Å². The zero-order valence-electron chi connectivity index (χ0n) is 20.9. The van der Waals surface area contributed by atoms with E-state index in [1.165, 1.54) is 5.56 Å². The predicted octanol–water partition coefficient (Wildman–Crippen LogP) is 5.05. The normalized spacial score (nSPS) is 14.7. The van der Waals surface area contributed by atoms with Crippen LogP contribution in [0.4, 0.5) is 5.82 Å². The summed E-state index contributed by atoms with van der Waals surface area (Å²) in [6.07, 6.45) is 3.83. The number of fused-ring (bicyclic) bond motifs is 1. The maximum absolute atomic E-state index is 13.2. The Morgan fingerprint density at radius 3 is 2.14 bits per heavy atom. The number of aromatic nitrogens is 2. The second-order valence-electron chi connectivity index (χ2n) is 9.63. The first-order chi connectivity index (χ1) is 18.2. The summed E-state index contributed by atoms with van der Waals surface area (Å²) in [5.74, 6) is -0.0988. The second kappa shape index (κ2) is 11.7. The minimum absolute atomic E-state index is 0.330. The molecule has 1 aliphatic rings. The highest BCUT2D eigenvalue weighted by atomic mass is 16.1. The smallest absolute Gasteiger partial charge is 0.243 e. The van der Waals surface area contributed by atoms with Crippen molar-refractivity contribution in [1.82, 2.24) is 15.3 Å². The van der Waals surface area contributed by atoms with Crippen LogP contribution in [-0.2, 0) is 17.6 Å². The fourth-order valence-electron chi connectivity index (χ4n) is 5.05. The number of rotatable bonds is 8. The van der Waals surface area contributed by atoms with Gasteiger partial charge in [-0.2, -0.15) is 5.26 Å². The van der Waals surface area contributed by atoms with Crippen LogP contribution in [0.3, 0.4) is 0 Å². The van der Waals surface area contributed by atoms with Crippen LogP contribution in [0.25, 0.3) is 11.0 Å². The van der Waals surface area contributed by atoms with Gasteiger partial charge in [0.1, 0.15) is 5.69 Å². The Hall–Kier alpha value is -4.24. The van der Waals surface area contributed by atoms with Crippen molar-refractivity contribution >= 4 is 22.8 Å². The minimum Gasteiger partial charge on any atom is -0.355 e. The van der Waals surface area contributed by atoms with Crippen molar-refractivity contribution in [2.75, 3.05) is 24.5 Å². The molecular weight excluding hydrogens is 458 g/mol. The van der Waals surface area contributed by atoms with Crippen molar-refractivity contribution in [1.29, 1.82) is 5.26 Å². The highest BCUT2D eigenvalue weighted by Gasteiger charge is 2.30. The van der Waals surface area contributed by atoms with Crippen molar-refractivity contribution < 1.29 is 4.79 Å². The Kier molecular flexibility index (Phi) is 7.71. The van der Waals surface area contributed by atoms with Gasteiger partial charge in [-0.3, -0.25) is 4.79 Å². The van der Waals surface area contributed by atoms with E-state index in [2.05, 4.69) is 46.6 Å². The van der Waals surface area contributed by atoms with Crippen LogP contribution in [0, 0.1) is 17.2 Å². The van der Waals surface area contributed by atoms with E-state index in [0.717, 1.165) is 43.4 Å². The lowest BCUT2D eigenvalue weighted by atomic mass is 9.90. The van der Waals surface area contributed by atoms with Crippen molar-refractivity contribution in [2.45, 2.75) is 31.6 Å². The number of piperidine rings is 1. The van der Waals surface area contributed by atoms with Gasteiger partial charge in [0, 0.05) is 19.6 Å². The summed E-state index contributed by atoms with van der Waals surface area (Å²) >= 11 is 0. The summed E-state index contributed by atoms with van der Waals surface area (Å²) < 4.78 is 0. The van der Waals surface area contributed by atoms with E-state index >= 15 is 0 Å². The molecule has 1 aromatic heterocycles. The van der Waals surface area contributed by atoms with Crippen molar-refractivity contribution in [2.24, 2.45) is 5.92 Å². The average molecular weight is 490 g/mol. The van der Waals surface area contributed by atoms with Gasteiger partial charge in [-0.05, 0) is 54.9 Å². The second-order valence-corrected chi connectivity index (χ2v) is 9.63. The highest BCUT2D eigenvalue weighted by molar-refractivity contribution is 5.88. The summed E-state index contributed by atoms with van der Waals surface area (Å²) in [6, 6.07) is 30.5. The molecule has 186 valence electrons. The van der Waals surface area contributed by atoms with Crippen LogP contribution in [0.2, 0.25) is 0 Å². The molecule has 1 atom stereocenters. The molecule has 1 aliphatic heterocycles. The third kappa shape index (κ3) is 5.95. The topological polar surface area (TPSA) is 81.9 Å². The highest BCUT2D eigenvalue weighted by Crippen LogP contribution is 2.31. The number of carbonyl (C=O) groups is 1. The average Bonchev–Trinajstić information content (AvgIpc) is 2.95. The molecule has 1 N–H and O–H groups in total. The Bertz CT molecular complexity index is 1380. The molecule has 0 aliphatic carbocycles. The SMILES string of the molecule is N#CC(C(=O)NCCc1ccccc1)c1nc2ccccc2nc1N1CCC(Cc2ccccc2)CC1. The molecule has 6 nitrogen and oxygen atoms in total. The van der Waals surface area contributed by atoms with Gasteiger partial charge in [-0.25, -0.2) is 9.97 Å². The van der Waals surface area contributed by atoms with Gasteiger partial charge in [-0.1, -0.05) is 72.8 Å². The lowest BCUT2D eigenvalue weighted by Gasteiger charge is -2.34. The van der Waals surface area contributed by atoms with E-state index in [-0.39, 0.29) is 5.91 Å². The molecule has 0 saturated carbocycles. The molecule has 5 rings (SSSR count). The number of nitrogens with zero attached hydrogens (tertiary/aromatic N) is 4. The third-order valence-corrected chi connectivity index (χ3v) is 7.08. The van der Waals surface area contributed by atoms with Gasteiger partial charge in [0.25, 0.3) is 0 Å². The quantitative estimate of drug-likeness (QED) is 0.374. The predicted molar refractivity (Wildman–Crippen MR) is 146 cm³/mol.